The van der Waals surface area contributed by atoms with Crippen LogP contribution in [-0.2, 0) is 0 Å². The molecule has 1 saturated heterocycles. The second kappa shape index (κ2) is 5.95. The number of aryl methyl sites for hydroxylation is 1. The fraction of sp³-hybridized carbons (Fsp3) is 0.375. The van der Waals surface area contributed by atoms with Crippen molar-refractivity contribution >= 4 is 16.9 Å². The molecule has 4 rings (SSSR count). The molecular formula is C16H16N6O2. The monoisotopic (exact) mass is 324 g/mol. The van der Waals surface area contributed by atoms with E-state index in [1.165, 1.54) is 0 Å². The lowest BCUT2D eigenvalue weighted by atomic mass is 10.0. The molecular weight excluding hydrogens is 308 g/mol. The summed E-state index contributed by atoms with van der Waals surface area (Å²) in [7, 11) is 0. The summed E-state index contributed by atoms with van der Waals surface area (Å²) >= 11 is 0. The van der Waals surface area contributed by atoms with Crippen molar-refractivity contribution < 1.29 is 9.32 Å². The van der Waals surface area contributed by atoms with Gasteiger partial charge in [0.2, 0.25) is 11.7 Å². The van der Waals surface area contributed by atoms with Gasteiger partial charge in [-0.2, -0.15) is 4.98 Å². The van der Waals surface area contributed by atoms with Crippen LogP contribution in [0.25, 0.3) is 11.0 Å². The van der Waals surface area contributed by atoms with E-state index in [0.29, 0.717) is 29.3 Å². The van der Waals surface area contributed by atoms with E-state index in [9.17, 15) is 4.79 Å². The van der Waals surface area contributed by atoms with Crippen molar-refractivity contribution in [2.24, 2.45) is 0 Å². The molecule has 1 aromatic carbocycles. The number of likely N-dealkylation sites (tertiary alicyclic amines) is 1. The molecule has 8 heteroatoms. The van der Waals surface area contributed by atoms with Gasteiger partial charge in [0.1, 0.15) is 11.6 Å². The highest BCUT2D eigenvalue weighted by Gasteiger charge is 2.33. The summed E-state index contributed by atoms with van der Waals surface area (Å²) in [5.41, 5.74) is 1.31. The number of piperidine rings is 1. The molecule has 1 aliphatic heterocycles. The summed E-state index contributed by atoms with van der Waals surface area (Å²) in [6.45, 7) is 2.37. The average Bonchev–Trinajstić information content (AvgIpc) is 3.07. The van der Waals surface area contributed by atoms with Gasteiger partial charge in [0.15, 0.2) is 5.82 Å². The number of benzene rings is 1. The molecule has 1 fully saturated rings. The van der Waals surface area contributed by atoms with Crippen molar-refractivity contribution in [1.29, 1.82) is 0 Å². The third-order valence-corrected chi connectivity index (χ3v) is 4.14. The van der Waals surface area contributed by atoms with Gasteiger partial charge in [0.25, 0.3) is 5.91 Å². The summed E-state index contributed by atoms with van der Waals surface area (Å²) in [4.78, 5) is 23.3. The minimum Gasteiger partial charge on any atom is -0.337 e. The van der Waals surface area contributed by atoms with Crippen molar-refractivity contribution in [3.05, 3.63) is 41.8 Å². The van der Waals surface area contributed by atoms with Gasteiger partial charge in [-0.05, 0) is 38.3 Å². The number of hydrogen-bond acceptors (Lipinski definition) is 7. The van der Waals surface area contributed by atoms with E-state index in [-0.39, 0.29) is 17.8 Å². The van der Waals surface area contributed by atoms with Gasteiger partial charge in [-0.3, -0.25) is 4.79 Å². The summed E-state index contributed by atoms with van der Waals surface area (Å²) in [5, 5.41) is 11.9. The Labute approximate surface area is 137 Å². The van der Waals surface area contributed by atoms with Crippen molar-refractivity contribution in [3.63, 3.8) is 0 Å². The Morgan fingerprint density at radius 1 is 1.17 bits per heavy atom. The van der Waals surface area contributed by atoms with Crippen LogP contribution in [0.1, 0.15) is 47.6 Å². The first-order valence-electron chi connectivity index (χ1n) is 7.93. The fourth-order valence-electron chi connectivity index (χ4n) is 2.98. The normalized spacial score (nSPS) is 18.0. The molecule has 0 N–H and O–H groups in total. The molecule has 0 saturated carbocycles. The first-order valence-corrected chi connectivity index (χ1v) is 7.93. The maximum Gasteiger partial charge on any atom is 0.294 e. The minimum atomic E-state index is -0.256. The maximum absolute atomic E-state index is 12.9. The molecule has 3 aromatic rings. The molecule has 24 heavy (non-hydrogen) atoms. The number of rotatable bonds is 2. The second-order valence-corrected chi connectivity index (χ2v) is 5.81. The molecule has 1 amide bonds. The van der Waals surface area contributed by atoms with E-state index in [1.807, 2.05) is 24.3 Å². The standard InChI is InChI=1S/C16H16N6O2/c1-10-17-15(24-21-10)13-8-4-5-9-22(13)16(23)14-18-11-6-2-3-7-12(11)19-20-14/h2-3,6-7,13H,4-5,8-9H2,1H3/t13-/m1/s1. The number of hydrogen-bond donors (Lipinski definition) is 0. The van der Waals surface area contributed by atoms with Gasteiger partial charge in [0, 0.05) is 6.54 Å². The SMILES string of the molecule is Cc1noc([C@H]2CCCCN2C(=O)c2nnc3ccccc3n2)n1. The van der Waals surface area contributed by atoms with Gasteiger partial charge in [0.05, 0.1) is 5.52 Å². The molecule has 0 spiro atoms. The van der Waals surface area contributed by atoms with Crippen LogP contribution in [0.4, 0.5) is 0 Å². The Bertz CT molecular complexity index is 893. The quantitative estimate of drug-likeness (QED) is 0.711. The van der Waals surface area contributed by atoms with Crippen molar-refractivity contribution in [2.45, 2.75) is 32.2 Å². The first kappa shape index (κ1) is 14.7. The van der Waals surface area contributed by atoms with Crippen LogP contribution in [0.15, 0.2) is 28.8 Å². The van der Waals surface area contributed by atoms with E-state index in [1.54, 1.807) is 11.8 Å². The van der Waals surface area contributed by atoms with Gasteiger partial charge < -0.3 is 9.42 Å². The molecule has 0 aliphatic carbocycles. The lowest BCUT2D eigenvalue weighted by Crippen LogP contribution is -2.39. The zero-order valence-electron chi connectivity index (χ0n) is 13.2. The molecule has 0 radical (unpaired) electrons. The molecule has 122 valence electrons. The van der Waals surface area contributed by atoms with Gasteiger partial charge in [-0.15, -0.1) is 10.2 Å². The predicted octanol–water partition coefficient (Wildman–Crippen LogP) is 2.08. The van der Waals surface area contributed by atoms with Gasteiger partial charge in [-0.1, -0.05) is 17.3 Å². The van der Waals surface area contributed by atoms with Gasteiger partial charge >= 0.3 is 0 Å². The molecule has 1 atom stereocenters. The highest BCUT2D eigenvalue weighted by atomic mass is 16.5. The van der Waals surface area contributed by atoms with E-state index >= 15 is 0 Å². The number of fused-ring (bicyclic) bond motifs is 1. The van der Waals surface area contributed by atoms with Crippen LogP contribution in [0, 0.1) is 6.92 Å². The average molecular weight is 324 g/mol. The fourth-order valence-corrected chi connectivity index (χ4v) is 2.98. The lowest BCUT2D eigenvalue weighted by Gasteiger charge is -2.32. The van der Waals surface area contributed by atoms with Crippen LogP contribution in [0.5, 0.6) is 0 Å². The maximum atomic E-state index is 12.9. The molecule has 0 bridgehead atoms. The van der Waals surface area contributed by atoms with E-state index in [2.05, 4.69) is 25.3 Å². The third kappa shape index (κ3) is 2.60. The largest absolute Gasteiger partial charge is 0.337 e. The topological polar surface area (TPSA) is 97.9 Å². The van der Waals surface area contributed by atoms with Gasteiger partial charge in [-0.25, -0.2) is 4.98 Å². The summed E-state index contributed by atoms with van der Waals surface area (Å²) in [5.74, 6) is 0.867. The second-order valence-electron chi connectivity index (χ2n) is 5.81. The summed E-state index contributed by atoms with van der Waals surface area (Å²) in [6, 6.07) is 7.11. The zero-order chi connectivity index (χ0) is 16.5. The molecule has 1 aliphatic rings. The Morgan fingerprint density at radius 2 is 2.00 bits per heavy atom. The van der Waals surface area contributed by atoms with E-state index < -0.39 is 0 Å². The Morgan fingerprint density at radius 3 is 2.79 bits per heavy atom. The first-order chi connectivity index (χ1) is 11.7. The zero-order valence-corrected chi connectivity index (χ0v) is 13.2. The number of amides is 1. The lowest BCUT2D eigenvalue weighted by molar-refractivity contribution is 0.0548. The Kier molecular flexibility index (Phi) is 3.64. The van der Waals surface area contributed by atoms with Crippen LogP contribution in [-0.4, -0.2) is 42.7 Å². The molecule has 3 heterocycles. The third-order valence-electron chi connectivity index (χ3n) is 4.14. The van der Waals surface area contributed by atoms with Crippen molar-refractivity contribution in [2.75, 3.05) is 6.54 Å². The number of aromatic nitrogens is 5. The van der Waals surface area contributed by atoms with Crippen molar-refractivity contribution in [1.82, 2.24) is 30.2 Å². The minimum absolute atomic E-state index is 0.0943. The predicted molar refractivity (Wildman–Crippen MR) is 84.0 cm³/mol. The highest BCUT2D eigenvalue weighted by Crippen LogP contribution is 2.30. The molecule has 0 unspecified atom stereocenters. The Hall–Kier alpha value is -2.90. The molecule has 2 aromatic heterocycles. The highest BCUT2D eigenvalue weighted by molar-refractivity contribution is 5.92. The number of nitrogens with zero attached hydrogens (tertiary/aromatic N) is 6. The molecule has 8 nitrogen and oxygen atoms in total. The summed E-state index contributed by atoms with van der Waals surface area (Å²) in [6.07, 6.45) is 2.72. The Balaban J connectivity index is 1.67. The number of para-hydroxylation sites is 1. The van der Waals surface area contributed by atoms with Crippen LogP contribution >= 0.6 is 0 Å². The number of carbonyl (C=O) groups excluding carboxylic acids is 1. The van der Waals surface area contributed by atoms with E-state index in [4.69, 9.17) is 4.52 Å². The van der Waals surface area contributed by atoms with Crippen molar-refractivity contribution in [3.8, 4) is 0 Å². The van der Waals surface area contributed by atoms with Crippen LogP contribution in [0.2, 0.25) is 0 Å². The number of carbonyl (C=O) groups is 1. The van der Waals surface area contributed by atoms with Crippen LogP contribution < -0.4 is 0 Å². The van der Waals surface area contributed by atoms with E-state index in [0.717, 1.165) is 19.3 Å². The smallest absolute Gasteiger partial charge is 0.294 e. The summed E-state index contributed by atoms with van der Waals surface area (Å²) < 4.78 is 5.28. The van der Waals surface area contributed by atoms with Crippen LogP contribution in [0.3, 0.4) is 0 Å².